The summed E-state index contributed by atoms with van der Waals surface area (Å²) >= 11 is 0. The van der Waals surface area contributed by atoms with Crippen molar-refractivity contribution in [3.63, 3.8) is 0 Å². The second kappa shape index (κ2) is 4.75. The smallest absolute Gasteiger partial charge is 0.211 e. The van der Waals surface area contributed by atoms with Crippen LogP contribution in [0.3, 0.4) is 0 Å². The summed E-state index contributed by atoms with van der Waals surface area (Å²) in [5.74, 6) is 0.699. The van der Waals surface area contributed by atoms with Gasteiger partial charge in [-0.1, -0.05) is 0 Å². The fourth-order valence-electron chi connectivity index (χ4n) is 3.08. The Morgan fingerprint density at radius 3 is 3.00 bits per heavy atom. The van der Waals surface area contributed by atoms with Crippen LogP contribution in [0.25, 0.3) is 0 Å². The van der Waals surface area contributed by atoms with Crippen molar-refractivity contribution in [1.29, 1.82) is 0 Å². The van der Waals surface area contributed by atoms with E-state index in [0.717, 1.165) is 30.5 Å². The zero-order valence-electron chi connectivity index (χ0n) is 11.8. The molecule has 1 atom stereocenters. The lowest BCUT2D eigenvalue weighted by molar-refractivity contribution is -0.0934. The molecule has 20 heavy (non-hydrogen) atoms. The molecule has 0 amide bonds. The van der Waals surface area contributed by atoms with Gasteiger partial charge in [0.1, 0.15) is 11.4 Å². The van der Waals surface area contributed by atoms with Gasteiger partial charge in [0, 0.05) is 19.3 Å². The van der Waals surface area contributed by atoms with Crippen LogP contribution in [0.2, 0.25) is 0 Å². The highest BCUT2D eigenvalue weighted by Gasteiger charge is 2.45. The monoisotopic (exact) mass is 297 g/mol. The van der Waals surface area contributed by atoms with Gasteiger partial charge in [0.25, 0.3) is 0 Å². The third-order valence-corrected chi connectivity index (χ3v) is 5.30. The molecule has 0 aromatic carbocycles. The molecule has 0 aliphatic carbocycles. The Morgan fingerprint density at radius 1 is 1.45 bits per heavy atom. The maximum absolute atomic E-state index is 11.8. The second-order valence-electron chi connectivity index (χ2n) is 5.58. The fourth-order valence-corrected chi connectivity index (χ4v) is 3.98. The van der Waals surface area contributed by atoms with E-state index in [1.807, 2.05) is 13.1 Å². The second-order valence-corrected chi connectivity index (χ2v) is 7.57. The molecule has 2 aliphatic rings. The molecule has 1 spiro atoms. The first-order chi connectivity index (χ1) is 9.41. The minimum absolute atomic E-state index is 0.356. The molecule has 3 heterocycles. The Balaban J connectivity index is 2.03. The highest BCUT2D eigenvalue weighted by Crippen LogP contribution is 2.39. The van der Waals surface area contributed by atoms with Gasteiger partial charge in [-0.15, -0.1) is 0 Å². The molecule has 1 saturated heterocycles. The van der Waals surface area contributed by atoms with E-state index in [9.17, 15) is 8.42 Å². The van der Waals surface area contributed by atoms with Gasteiger partial charge in [0.15, 0.2) is 0 Å². The molecular weight excluding hydrogens is 278 g/mol. The fraction of sp³-hybridized carbons (Fsp3) is 0.692. The maximum atomic E-state index is 11.8. The summed E-state index contributed by atoms with van der Waals surface area (Å²) in [6.45, 7) is 3.36. The van der Waals surface area contributed by atoms with Crippen molar-refractivity contribution in [3.8, 4) is 0 Å². The molecule has 1 aromatic rings. The van der Waals surface area contributed by atoms with Crippen molar-refractivity contribution in [2.45, 2.75) is 31.8 Å². The summed E-state index contributed by atoms with van der Waals surface area (Å²) in [6, 6.07) is 0. The molecular formula is C13H19N3O3S. The van der Waals surface area contributed by atoms with E-state index in [4.69, 9.17) is 4.74 Å². The van der Waals surface area contributed by atoms with Crippen LogP contribution in [-0.2, 0) is 26.8 Å². The van der Waals surface area contributed by atoms with Crippen molar-refractivity contribution in [3.05, 3.63) is 23.3 Å². The Bertz CT molecular complexity index is 632. The van der Waals surface area contributed by atoms with Gasteiger partial charge in [0.05, 0.1) is 18.6 Å². The van der Waals surface area contributed by atoms with E-state index in [1.165, 1.54) is 10.6 Å². The third kappa shape index (κ3) is 2.34. The summed E-state index contributed by atoms with van der Waals surface area (Å²) in [4.78, 5) is 8.79. The van der Waals surface area contributed by atoms with Gasteiger partial charge in [-0.25, -0.2) is 18.4 Å². The minimum Gasteiger partial charge on any atom is -0.367 e. The van der Waals surface area contributed by atoms with Gasteiger partial charge in [-0.3, -0.25) is 0 Å². The summed E-state index contributed by atoms with van der Waals surface area (Å²) in [5, 5.41) is 0. The number of sulfonamides is 1. The Labute approximate surface area is 119 Å². The van der Waals surface area contributed by atoms with Crippen LogP contribution in [0.15, 0.2) is 6.20 Å². The molecule has 7 heteroatoms. The number of hydrogen-bond acceptors (Lipinski definition) is 5. The van der Waals surface area contributed by atoms with Gasteiger partial charge < -0.3 is 4.74 Å². The number of nitrogens with zero attached hydrogens (tertiary/aromatic N) is 3. The standard InChI is InChI=1S/C13H19N3O3S/c1-10-14-8-11-4-7-19-13(12(11)15-10)5-3-6-16(9-13)20(2,17)18/h8H,3-7,9H2,1-2H3/t13-/m0/s1. The highest BCUT2D eigenvalue weighted by atomic mass is 32.2. The van der Waals surface area contributed by atoms with Gasteiger partial charge in [-0.2, -0.15) is 4.31 Å². The van der Waals surface area contributed by atoms with E-state index in [-0.39, 0.29) is 0 Å². The molecule has 0 unspecified atom stereocenters. The molecule has 1 fully saturated rings. The van der Waals surface area contributed by atoms with Gasteiger partial charge >= 0.3 is 0 Å². The molecule has 0 N–H and O–H groups in total. The maximum Gasteiger partial charge on any atom is 0.211 e. The number of aryl methyl sites for hydroxylation is 1. The first-order valence-electron chi connectivity index (χ1n) is 6.83. The third-order valence-electron chi connectivity index (χ3n) is 4.06. The zero-order valence-corrected chi connectivity index (χ0v) is 12.6. The first kappa shape index (κ1) is 13.9. The van der Waals surface area contributed by atoms with Crippen molar-refractivity contribution in [2.75, 3.05) is 26.0 Å². The molecule has 6 nitrogen and oxygen atoms in total. The Morgan fingerprint density at radius 2 is 2.25 bits per heavy atom. The summed E-state index contributed by atoms with van der Waals surface area (Å²) in [7, 11) is -3.20. The van der Waals surface area contributed by atoms with Gasteiger partial charge in [-0.05, 0) is 31.7 Å². The van der Waals surface area contributed by atoms with Crippen molar-refractivity contribution in [2.24, 2.45) is 0 Å². The average Bonchev–Trinajstić information content (AvgIpc) is 2.39. The van der Waals surface area contributed by atoms with Crippen LogP contribution in [0, 0.1) is 6.92 Å². The van der Waals surface area contributed by atoms with Crippen LogP contribution in [0.1, 0.15) is 29.9 Å². The molecule has 2 aliphatic heterocycles. The molecule has 0 bridgehead atoms. The number of hydrogen-bond donors (Lipinski definition) is 0. The number of piperidine rings is 1. The topological polar surface area (TPSA) is 72.4 Å². The predicted octanol–water partition coefficient (Wildman–Crippen LogP) is 0.608. The molecule has 110 valence electrons. The quantitative estimate of drug-likeness (QED) is 0.759. The predicted molar refractivity (Wildman–Crippen MR) is 73.8 cm³/mol. The first-order valence-corrected chi connectivity index (χ1v) is 8.68. The summed E-state index contributed by atoms with van der Waals surface area (Å²) in [6.07, 6.45) is 5.48. The van der Waals surface area contributed by atoms with E-state index in [1.54, 1.807) is 0 Å². The van der Waals surface area contributed by atoms with Crippen molar-refractivity contribution < 1.29 is 13.2 Å². The normalized spacial score (nSPS) is 27.5. The van der Waals surface area contributed by atoms with E-state index in [2.05, 4.69) is 9.97 Å². The molecule has 0 radical (unpaired) electrons. The number of rotatable bonds is 1. The van der Waals surface area contributed by atoms with Crippen LogP contribution in [0.4, 0.5) is 0 Å². The highest BCUT2D eigenvalue weighted by molar-refractivity contribution is 7.88. The average molecular weight is 297 g/mol. The summed E-state index contributed by atoms with van der Waals surface area (Å²) in [5.41, 5.74) is 1.37. The SMILES string of the molecule is Cc1ncc2c(n1)[C@@]1(CCCN(S(C)(=O)=O)C1)OCC2. The van der Waals surface area contributed by atoms with Gasteiger partial charge in [0.2, 0.25) is 10.0 Å². The Kier molecular flexibility index (Phi) is 3.30. The number of ether oxygens (including phenoxy) is 1. The largest absolute Gasteiger partial charge is 0.367 e. The van der Waals surface area contributed by atoms with E-state index < -0.39 is 15.6 Å². The lowest BCUT2D eigenvalue weighted by Gasteiger charge is -2.44. The van der Waals surface area contributed by atoms with Crippen molar-refractivity contribution in [1.82, 2.24) is 14.3 Å². The van der Waals surface area contributed by atoms with Crippen LogP contribution in [0.5, 0.6) is 0 Å². The summed E-state index contributed by atoms with van der Waals surface area (Å²) < 4.78 is 31.2. The Hall–Kier alpha value is -1.05. The van der Waals surface area contributed by atoms with E-state index >= 15 is 0 Å². The van der Waals surface area contributed by atoms with Crippen molar-refractivity contribution >= 4 is 10.0 Å². The van der Waals surface area contributed by atoms with Crippen LogP contribution >= 0.6 is 0 Å². The van der Waals surface area contributed by atoms with Crippen LogP contribution in [-0.4, -0.2) is 48.6 Å². The zero-order chi connectivity index (χ0) is 14.4. The molecule has 3 rings (SSSR count). The lowest BCUT2D eigenvalue weighted by Crippen LogP contribution is -2.52. The minimum atomic E-state index is -3.20. The lowest BCUT2D eigenvalue weighted by atomic mass is 9.85. The molecule has 0 saturated carbocycles. The molecule has 1 aromatic heterocycles. The van der Waals surface area contributed by atoms with Crippen LogP contribution < -0.4 is 0 Å². The van der Waals surface area contributed by atoms with E-state index in [0.29, 0.717) is 25.5 Å². The number of aromatic nitrogens is 2. The number of fused-ring (bicyclic) bond motifs is 2.